The minimum absolute atomic E-state index is 0.0932. The first-order valence-electron chi connectivity index (χ1n) is 12.5. The van der Waals surface area contributed by atoms with E-state index in [2.05, 4.69) is 16.9 Å². The Bertz CT molecular complexity index is 1400. The molecule has 0 fully saturated rings. The van der Waals surface area contributed by atoms with Crippen LogP contribution in [0.4, 0.5) is 4.39 Å². The Balaban J connectivity index is 1.75. The van der Waals surface area contributed by atoms with Crippen LogP contribution in [0.1, 0.15) is 67.4 Å². The van der Waals surface area contributed by atoms with Crippen molar-refractivity contribution >= 4 is 0 Å². The quantitative estimate of drug-likeness (QED) is 0.298. The summed E-state index contributed by atoms with van der Waals surface area (Å²) in [4.78, 5) is 21.8. The first-order valence-corrected chi connectivity index (χ1v) is 12.5. The van der Waals surface area contributed by atoms with Gasteiger partial charge in [-0.3, -0.25) is 14.3 Å². The number of pyridine rings is 1. The highest BCUT2D eigenvalue weighted by Crippen LogP contribution is 2.31. The average Bonchev–Trinajstić information content (AvgIpc) is 2.88. The molecule has 1 atom stereocenters. The highest BCUT2D eigenvalue weighted by atomic mass is 19.1. The topological polar surface area (TPSA) is 68.0 Å². The van der Waals surface area contributed by atoms with Crippen molar-refractivity contribution in [3.8, 4) is 17.0 Å². The molecule has 0 aliphatic carbocycles. The number of hydrogen-bond donors (Lipinski definition) is 1. The molecular formula is C30H32FN3O2. The Morgan fingerprint density at radius 3 is 2.50 bits per heavy atom. The summed E-state index contributed by atoms with van der Waals surface area (Å²) in [6, 6.07) is 17.9. The third-order valence-electron chi connectivity index (χ3n) is 6.60. The Morgan fingerprint density at radius 2 is 1.83 bits per heavy atom. The Kier molecular flexibility index (Phi) is 7.93. The zero-order valence-corrected chi connectivity index (χ0v) is 21.0. The molecule has 2 aromatic heterocycles. The van der Waals surface area contributed by atoms with E-state index in [1.54, 1.807) is 16.8 Å². The third kappa shape index (κ3) is 5.38. The van der Waals surface area contributed by atoms with Crippen LogP contribution in [0, 0.1) is 12.7 Å². The lowest BCUT2D eigenvalue weighted by molar-refractivity contribution is 0.368. The van der Waals surface area contributed by atoms with Crippen LogP contribution in [0.3, 0.4) is 0 Å². The third-order valence-corrected chi connectivity index (χ3v) is 6.60. The second-order valence-corrected chi connectivity index (χ2v) is 9.10. The van der Waals surface area contributed by atoms with Gasteiger partial charge in [-0.05, 0) is 54.7 Å². The zero-order valence-electron chi connectivity index (χ0n) is 21.0. The second kappa shape index (κ2) is 11.3. The summed E-state index contributed by atoms with van der Waals surface area (Å²) in [5, 5.41) is 11.4. The van der Waals surface area contributed by atoms with Crippen LogP contribution in [0.25, 0.3) is 11.1 Å². The number of benzene rings is 2. The van der Waals surface area contributed by atoms with Crippen molar-refractivity contribution < 1.29 is 9.50 Å². The van der Waals surface area contributed by atoms with Gasteiger partial charge in [0, 0.05) is 30.3 Å². The van der Waals surface area contributed by atoms with Crippen molar-refractivity contribution in [2.45, 2.75) is 58.9 Å². The van der Waals surface area contributed by atoms with Crippen LogP contribution >= 0.6 is 0 Å². The number of halogens is 1. The molecule has 0 unspecified atom stereocenters. The Labute approximate surface area is 211 Å². The Hall–Kier alpha value is -3.80. The van der Waals surface area contributed by atoms with E-state index in [9.17, 15) is 14.3 Å². The van der Waals surface area contributed by atoms with Crippen molar-refractivity contribution in [3.63, 3.8) is 0 Å². The minimum atomic E-state index is -0.420. The molecule has 0 aliphatic heterocycles. The van der Waals surface area contributed by atoms with Gasteiger partial charge in [-0.1, -0.05) is 62.7 Å². The monoisotopic (exact) mass is 485 g/mol. The first kappa shape index (κ1) is 25.3. The second-order valence-electron chi connectivity index (χ2n) is 9.10. The summed E-state index contributed by atoms with van der Waals surface area (Å²) < 4.78 is 15.8. The molecule has 4 aromatic rings. The normalized spacial score (nSPS) is 12.0. The van der Waals surface area contributed by atoms with E-state index in [0.717, 1.165) is 40.8 Å². The largest absolute Gasteiger partial charge is 0.494 e. The van der Waals surface area contributed by atoms with Crippen molar-refractivity contribution in [3.05, 3.63) is 111 Å². The molecule has 0 spiro atoms. The van der Waals surface area contributed by atoms with Crippen molar-refractivity contribution in [2.75, 3.05) is 0 Å². The number of aromatic nitrogens is 3. The van der Waals surface area contributed by atoms with Crippen molar-refractivity contribution in [2.24, 2.45) is 0 Å². The lowest BCUT2D eigenvalue weighted by Gasteiger charge is -2.25. The fourth-order valence-corrected chi connectivity index (χ4v) is 4.67. The summed E-state index contributed by atoms with van der Waals surface area (Å²) >= 11 is 0. The number of rotatable bonds is 9. The number of unbranched alkanes of at least 4 members (excludes halogenated alkanes) is 1. The highest BCUT2D eigenvalue weighted by molar-refractivity contribution is 5.65. The molecule has 0 saturated carbocycles. The predicted molar refractivity (Wildman–Crippen MR) is 141 cm³/mol. The van der Waals surface area contributed by atoms with Gasteiger partial charge >= 0.3 is 0 Å². The number of hydrogen-bond acceptors (Lipinski definition) is 4. The molecule has 0 bridgehead atoms. The summed E-state index contributed by atoms with van der Waals surface area (Å²) in [6.45, 7) is 6.02. The number of nitrogens with zero attached hydrogens (tertiary/aromatic N) is 3. The van der Waals surface area contributed by atoms with Gasteiger partial charge < -0.3 is 5.11 Å². The average molecular weight is 486 g/mol. The Morgan fingerprint density at radius 1 is 1.06 bits per heavy atom. The van der Waals surface area contributed by atoms with Gasteiger partial charge in [0.25, 0.3) is 5.56 Å². The van der Waals surface area contributed by atoms with E-state index < -0.39 is 5.56 Å². The maximum Gasteiger partial charge on any atom is 0.280 e. The van der Waals surface area contributed by atoms with Gasteiger partial charge in [-0.25, -0.2) is 4.39 Å². The van der Waals surface area contributed by atoms with Crippen LogP contribution in [-0.4, -0.2) is 19.6 Å². The minimum Gasteiger partial charge on any atom is -0.494 e. The van der Waals surface area contributed by atoms with Crippen LogP contribution in [0.15, 0.2) is 71.7 Å². The molecule has 2 heterocycles. The van der Waals surface area contributed by atoms with Crippen LogP contribution in [0.5, 0.6) is 5.88 Å². The molecular weight excluding hydrogens is 453 g/mol. The number of aromatic hydroxyl groups is 1. The zero-order chi connectivity index (χ0) is 25.7. The maximum atomic E-state index is 14.1. The molecule has 1 N–H and O–H groups in total. The molecule has 2 aromatic carbocycles. The molecule has 0 amide bonds. The number of aryl methyl sites for hydroxylation is 2. The van der Waals surface area contributed by atoms with E-state index in [1.807, 2.05) is 56.3 Å². The summed E-state index contributed by atoms with van der Waals surface area (Å²) in [7, 11) is 0. The van der Waals surface area contributed by atoms with E-state index >= 15 is 0 Å². The van der Waals surface area contributed by atoms with E-state index in [1.165, 1.54) is 12.1 Å². The smallest absolute Gasteiger partial charge is 0.280 e. The molecule has 0 aliphatic rings. The fraction of sp³-hybridized carbons (Fsp3) is 0.300. The molecule has 0 radical (unpaired) electrons. The lowest BCUT2D eigenvalue weighted by atomic mass is 9.99. The standard InChI is InChI=1S/C30H32FN3O2/c1-4-6-12-28-33-29(35)26(30(36)34(28)27(5-2)23-9-7-10-24(31)19-23)18-21-13-15-22(16-14-21)25-11-8-17-32-20(25)3/h7-11,13-17,19,27,36H,4-6,12,18H2,1-3H3/t27-/m0/s1. The molecule has 4 rings (SSSR count). The molecule has 5 nitrogen and oxygen atoms in total. The van der Waals surface area contributed by atoms with Gasteiger partial charge in [0.2, 0.25) is 5.88 Å². The van der Waals surface area contributed by atoms with Gasteiger partial charge in [-0.15, -0.1) is 0 Å². The van der Waals surface area contributed by atoms with Gasteiger partial charge in [0.1, 0.15) is 11.6 Å². The molecule has 186 valence electrons. The van der Waals surface area contributed by atoms with Crippen LogP contribution in [0.2, 0.25) is 0 Å². The van der Waals surface area contributed by atoms with Gasteiger partial charge in [-0.2, -0.15) is 4.98 Å². The van der Waals surface area contributed by atoms with Crippen LogP contribution < -0.4 is 5.56 Å². The first-order chi connectivity index (χ1) is 17.4. The molecule has 6 heteroatoms. The summed E-state index contributed by atoms with van der Waals surface area (Å²) in [5.41, 5.74) is 4.49. The highest BCUT2D eigenvalue weighted by Gasteiger charge is 2.23. The van der Waals surface area contributed by atoms with Gasteiger partial charge in [0.05, 0.1) is 11.6 Å². The lowest BCUT2D eigenvalue weighted by Crippen LogP contribution is -2.25. The van der Waals surface area contributed by atoms with E-state index in [0.29, 0.717) is 18.7 Å². The van der Waals surface area contributed by atoms with Gasteiger partial charge in [0.15, 0.2) is 0 Å². The predicted octanol–water partition coefficient (Wildman–Crippen LogP) is 6.39. The van der Waals surface area contributed by atoms with E-state index in [-0.39, 0.29) is 29.7 Å². The summed E-state index contributed by atoms with van der Waals surface area (Å²) in [6.07, 6.45) is 4.95. The fourth-order valence-electron chi connectivity index (χ4n) is 4.67. The maximum absolute atomic E-state index is 14.1. The van der Waals surface area contributed by atoms with Crippen molar-refractivity contribution in [1.82, 2.24) is 14.5 Å². The molecule has 0 saturated heterocycles. The summed E-state index contributed by atoms with van der Waals surface area (Å²) in [5.74, 6) is 0.102. The molecule has 36 heavy (non-hydrogen) atoms. The van der Waals surface area contributed by atoms with Crippen molar-refractivity contribution in [1.29, 1.82) is 0 Å². The SMILES string of the molecule is CCCCc1nc(=O)c(Cc2ccc(-c3cccnc3C)cc2)c(O)n1[C@@H](CC)c1cccc(F)c1. The van der Waals surface area contributed by atoms with Crippen LogP contribution in [-0.2, 0) is 12.8 Å². The van der Waals surface area contributed by atoms with E-state index in [4.69, 9.17) is 0 Å².